The van der Waals surface area contributed by atoms with Gasteiger partial charge in [-0.15, -0.1) is 24.0 Å². The van der Waals surface area contributed by atoms with Crippen LogP contribution in [0.25, 0.3) is 0 Å². The van der Waals surface area contributed by atoms with Gasteiger partial charge in [-0.1, -0.05) is 13.3 Å². The van der Waals surface area contributed by atoms with Gasteiger partial charge >= 0.3 is 6.09 Å². The van der Waals surface area contributed by atoms with Gasteiger partial charge in [0.2, 0.25) is 0 Å². The Morgan fingerprint density at radius 3 is 2.54 bits per heavy atom. The molecule has 0 spiro atoms. The lowest BCUT2D eigenvalue weighted by molar-refractivity contribution is 0.0527. The lowest BCUT2D eigenvalue weighted by Crippen LogP contribution is -2.46. The van der Waals surface area contributed by atoms with Crippen LogP contribution < -0.4 is 16.0 Å². The van der Waals surface area contributed by atoms with Crippen LogP contribution in [0.4, 0.5) is 4.79 Å². The first kappa shape index (κ1) is 27.4. The molecule has 3 N–H and O–H groups in total. The fourth-order valence-corrected chi connectivity index (χ4v) is 4.39. The minimum atomic E-state index is -0.725. The van der Waals surface area contributed by atoms with Crippen LogP contribution in [0.5, 0.6) is 0 Å². The molecule has 3 atom stereocenters. The number of hydrogen-bond acceptors (Lipinski definition) is 4. The van der Waals surface area contributed by atoms with Gasteiger partial charge in [0.15, 0.2) is 5.96 Å². The average molecular weight is 531 g/mol. The summed E-state index contributed by atoms with van der Waals surface area (Å²) in [4.78, 5) is 16.2. The Labute approximate surface area is 190 Å². The lowest BCUT2D eigenvalue weighted by atomic mass is 9.95. The molecule has 1 aliphatic carbocycles. The summed E-state index contributed by atoms with van der Waals surface area (Å²) in [7, 11) is -0.725. The van der Waals surface area contributed by atoms with Gasteiger partial charge in [-0.05, 0) is 53.4 Å². The predicted octanol–water partition coefficient (Wildman–Crippen LogP) is 3.15. The van der Waals surface area contributed by atoms with Crippen LogP contribution in [-0.2, 0) is 15.5 Å². The number of nitrogens with zero attached hydrogens (tertiary/aromatic N) is 1. The smallest absolute Gasteiger partial charge is 0.407 e. The molecule has 7 nitrogen and oxygen atoms in total. The maximum atomic E-state index is 12.1. The van der Waals surface area contributed by atoms with E-state index in [1.165, 1.54) is 0 Å². The number of rotatable bonds is 8. The first-order valence-electron chi connectivity index (χ1n) is 10.1. The molecule has 1 fully saturated rings. The number of alkyl carbamates (subject to hydrolysis) is 1. The zero-order valence-corrected chi connectivity index (χ0v) is 21.2. The van der Waals surface area contributed by atoms with E-state index in [2.05, 4.69) is 20.9 Å². The largest absolute Gasteiger partial charge is 0.444 e. The van der Waals surface area contributed by atoms with Crippen molar-refractivity contribution in [1.82, 2.24) is 16.0 Å². The molecule has 0 radical (unpaired) electrons. The number of carbonyl (C=O) groups excluding carboxylic acids is 1. The van der Waals surface area contributed by atoms with Crippen LogP contribution in [0.2, 0.25) is 0 Å². The summed E-state index contributed by atoms with van der Waals surface area (Å²) in [5.74, 6) is 1.53. The number of halogens is 1. The van der Waals surface area contributed by atoms with Crippen molar-refractivity contribution in [3.8, 4) is 0 Å². The van der Waals surface area contributed by atoms with E-state index < -0.39 is 22.5 Å². The molecule has 0 bridgehead atoms. The van der Waals surface area contributed by atoms with Gasteiger partial charge in [-0.25, -0.2) is 4.79 Å². The van der Waals surface area contributed by atoms with Crippen molar-refractivity contribution < 1.29 is 13.7 Å². The monoisotopic (exact) mass is 530 g/mol. The molecule has 0 aromatic heterocycles. The molecule has 1 amide bonds. The van der Waals surface area contributed by atoms with Crippen molar-refractivity contribution in [1.29, 1.82) is 0 Å². The number of guanidine groups is 1. The zero-order chi connectivity index (χ0) is 20.3. The average Bonchev–Trinajstić information content (AvgIpc) is 2.59. The Morgan fingerprint density at radius 1 is 1.21 bits per heavy atom. The quantitative estimate of drug-likeness (QED) is 0.194. The van der Waals surface area contributed by atoms with Gasteiger partial charge in [-0.3, -0.25) is 9.20 Å². The van der Waals surface area contributed by atoms with Crippen LogP contribution in [0.1, 0.15) is 66.7 Å². The standard InChI is InChI=1S/C19H38N4O3S.HI/c1-6-20-17(21-12-9-13-22-18(24)26-19(3,4)5)23-15-10-8-11-16(14-15)27(25)7-2;/h15-16H,6-14H2,1-5H3,(H,22,24)(H2,20,21,23);1H. The Hall–Kier alpha value is -0.580. The van der Waals surface area contributed by atoms with E-state index in [-0.39, 0.29) is 24.0 Å². The fourth-order valence-electron chi connectivity index (χ4n) is 3.04. The maximum Gasteiger partial charge on any atom is 0.407 e. The number of carbonyl (C=O) groups is 1. The normalized spacial score (nSPS) is 21.2. The lowest BCUT2D eigenvalue weighted by Gasteiger charge is -2.30. The minimum Gasteiger partial charge on any atom is -0.444 e. The molecule has 0 aromatic carbocycles. The first-order chi connectivity index (χ1) is 12.7. The van der Waals surface area contributed by atoms with Crippen LogP contribution >= 0.6 is 24.0 Å². The van der Waals surface area contributed by atoms with Crippen LogP contribution in [0, 0.1) is 0 Å². The van der Waals surface area contributed by atoms with E-state index in [9.17, 15) is 9.00 Å². The minimum absolute atomic E-state index is 0. The highest BCUT2D eigenvalue weighted by atomic mass is 127. The molecule has 3 unspecified atom stereocenters. The van der Waals surface area contributed by atoms with E-state index in [0.717, 1.165) is 50.4 Å². The molecule has 1 saturated carbocycles. The molecule has 9 heteroatoms. The predicted molar refractivity (Wildman–Crippen MR) is 128 cm³/mol. The van der Waals surface area contributed by atoms with Crippen molar-refractivity contribution in [3.05, 3.63) is 0 Å². The zero-order valence-electron chi connectivity index (χ0n) is 18.0. The molecule has 0 aliphatic heterocycles. The van der Waals surface area contributed by atoms with Crippen molar-refractivity contribution >= 4 is 46.8 Å². The summed E-state index contributed by atoms with van der Waals surface area (Å²) in [5.41, 5.74) is -0.482. The van der Waals surface area contributed by atoms with Crippen molar-refractivity contribution in [3.63, 3.8) is 0 Å². The molecular weight excluding hydrogens is 491 g/mol. The number of ether oxygens (including phenoxy) is 1. The second kappa shape index (κ2) is 14.4. The molecule has 0 saturated heterocycles. The SMILES string of the molecule is CCNC(=NCCCNC(=O)OC(C)(C)C)NC1CCCC(S(=O)CC)C1.I. The molecule has 1 rings (SSSR count). The molecule has 28 heavy (non-hydrogen) atoms. The van der Waals surface area contributed by atoms with E-state index in [0.29, 0.717) is 24.4 Å². The van der Waals surface area contributed by atoms with Crippen molar-refractivity contribution in [2.75, 3.05) is 25.4 Å². The van der Waals surface area contributed by atoms with Gasteiger partial charge in [0.25, 0.3) is 0 Å². The fraction of sp³-hybridized carbons (Fsp3) is 0.895. The van der Waals surface area contributed by atoms with E-state index >= 15 is 0 Å². The highest BCUT2D eigenvalue weighted by Gasteiger charge is 2.26. The van der Waals surface area contributed by atoms with Crippen LogP contribution in [0.3, 0.4) is 0 Å². The Bertz CT molecular complexity index is 512. The number of nitrogens with one attached hydrogen (secondary N) is 3. The topological polar surface area (TPSA) is 91.8 Å². The van der Waals surface area contributed by atoms with Gasteiger partial charge in [0.1, 0.15) is 5.60 Å². The molecule has 0 aromatic rings. The second-order valence-corrected chi connectivity index (χ2v) is 9.85. The van der Waals surface area contributed by atoms with Gasteiger partial charge in [-0.2, -0.15) is 0 Å². The summed E-state index contributed by atoms with van der Waals surface area (Å²) in [6, 6.07) is 0.317. The highest BCUT2D eigenvalue weighted by Crippen LogP contribution is 2.22. The molecular formula is C19H39IN4O3S. The third kappa shape index (κ3) is 12.1. The number of amides is 1. The Balaban J connectivity index is 0.00000729. The Morgan fingerprint density at radius 2 is 1.93 bits per heavy atom. The van der Waals surface area contributed by atoms with Crippen LogP contribution in [0.15, 0.2) is 4.99 Å². The van der Waals surface area contributed by atoms with Crippen molar-refractivity contribution in [2.24, 2.45) is 4.99 Å². The molecule has 166 valence electrons. The maximum absolute atomic E-state index is 12.1. The number of hydrogen-bond donors (Lipinski definition) is 3. The highest BCUT2D eigenvalue weighted by molar-refractivity contribution is 14.0. The first-order valence-corrected chi connectivity index (χ1v) is 11.5. The number of aliphatic imine (C=N–C) groups is 1. The molecule has 0 heterocycles. The summed E-state index contributed by atoms with van der Waals surface area (Å²) in [6.07, 6.45) is 4.53. The van der Waals surface area contributed by atoms with Crippen molar-refractivity contribution in [2.45, 2.75) is 83.6 Å². The van der Waals surface area contributed by atoms with E-state index in [1.54, 1.807) is 0 Å². The van der Waals surface area contributed by atoms with Gasteiger partial charge in [0, 0.05) is 47.5 Å². The Kier molecular flexibility index (Phi) is 14.1. The van der Waals surface area contributed by atoms with E-state index in [4.69, 9.17) is 4.74 Å². The van der Waals surface area contributed by atoms with Gasteiger partial charge < -0.3 is 20.7 Å². The third-order valence-electron chi connectivity index (χ3n) is 4.24. The van der Waals surface area contributed by atoms with Gasteiger partial charge in [0.05, 0.1) is 0 Å². The summed E-state index contributed by atoms with van der Waals surface area (Å²) < 4.78 is 17.3. The molecule has 1 aliphatic rings. The summed E-state index contributed by atoms with van der Waals surface area (Å²) in [6.45, 7) is 11.5. The summed E-state index contributed by atoms with van der Waals surface area (Å²) >= 11 is 0. The summed E-state index contributed by atoms with van der Waals surface area (Å²) in [5, 5.41) is 9.80. The van der Waals surface area contributed by atoms with E-state index in [1.807, 2.05) is 34.6 Å². The second-order valence-electron chi connectivity index (χ2n) is 7.84. The van der Waals surface area contributed by atoms with Crippen LogP contribution in [-0.4, -0.2) is 58.5 Å². The third-order valence-corrected chi connectivity index (χ3v) is 5.98.